The Labute approximate surface area is 208 Å². The van der Waals surface area contributed by atoms with Gasteiger partial charge < -0.3 is 19.2 Å². The summed E-state index contributed by atoms with van der Waals surface area (Å²) in [5.74, 6) is 0.503. The monoisotopic (exact) mass is 493 g/mol. The summed E-state index contributed by atoms with van der Waals surface area (Å²) in [6, 6.07) is 13.8. The number of allylic oxidation sites excluding steroid dienone is 1. The maximum Gasteiger partial charge on any atom is 0.248 e. The van der Waals surface area contributed by atoms with Crippen LogP contribution >= 0.6 is 11.6 Å². The van der Waals surface area contributed by atoms with E-state index < -0.39 is 5.82 Å². The Bertz CT molecular complexity index is 1420. The first-order valence-electron chi connectivity index (χ1n) is 11.1. The van der Waals surface area contributed by atoms with Crippen LogP contribution in [0.2, 0.25) is 5.02 Å². The van der Waals surface area contributed by atoms with Crippen LogP contribution in [0.1, 0.15) is 25.0 Å². The van der Waals surface area contributed by atoms with Gasteiger partial charge in [0.25, 0.3) is 0 Å². The third-order valence-electron chi connectivity index (χ3n) is 5.68. The number of methoxy groups -OCH3 is 1. The molecule has 0 radical (unpaired) electrons. The molecule has 180 valence electrons. The highest BCUT2D eigenvalue weighted by Gasteiger charge is 2.19. The number of rotatable bonds is 7. The van der Waals surface area contributed by atoms with Crippen molar-refractivity contribution in [3.05, 3.63) is 82.8 Å². The third-order valence-corrected chi connectivity index (χ3v) is 5.97. The summed E-state index contributed by atoms with van der Waals surface area (Å²) in [5.41, 5.74) is 5.30. The SMILES string of the molecule is CCOc1ccc(-c2coc3c(C)c(OC)c(/C(C)=C/C(=O)Nc4ccc(F)c(Cl)c4)cc23)cc1. The molecule has 7 heteroatoms. The first-order chi connectivity index (χ1) is 16.8. The fraction of sp³-hybridized carbons (Fsp3) is 0.179. The van der Waals surface area contributed by atoms with Crippen LogP contribution in [0.4, 0.5) is 10.1 Å². The number of aryl methyl sites for hydroxylation is 1. The molecule has 0 bridgehead atoms. The van der Waals surface area contributed by atoms with Gasteiger partial charge in [-0.25, -0.2) is 4.39 Å². The molecule has 0 aliphatic heterocycles. The van der Waals surface area contributed by atoms with Gasteiger partial charge in [0.2, 0.25) is 5.91 Å². The normalized spacial score (nSPS) is 11.5. The fourth-order valence-electron chi connectivity index (χ4n) is 4.02. The Morgan fingerprint density at radius 1 is 1.17 bits per heavy atom. The van der Waals surface area contributed by atoms with E-state index in [1.165, 1.54) is 24.3 Å². The van der Waals surface area contributed by atoms with E-state index in [2.05, 4.69) is 5.32 Å². The van der Waals surface area contributed by atoms with Crippen LogP contribution < -0.4 is 14.8 Å². The van der Waals surface area contributed by atoms with E-state index in [1.54, 1.807) is 13.4 Å². The number of amides is 1. The fourth-order valence-corrected chi connectivity index (χ4v) is 4.20. The lowest BCUT2D eigenvalue weighted by Crippen LogP contribution is -2.09. The predicted octanol–water partition coefficient (Wildman–Crippen LogP) is 7.65. The van der Waals surface area contributed by atoms with Crippen molar-refractivity contribution in [1.82, 2.24) is 0 Å². The van der Waals surface area contributed by atoms with Gasteiger partial charge in [0, 0.05) is 33.8 Å². The first-order valence-corrected chi connectivity index (χ1v) is 11.5. The third kappa shape index (κ3) is 5.03. The minimum absolute atomic E-state index is 0.0620. The molecule has 0 aliphatic carbocycles. The van der Waals surface area contributed by atoms with Gasteiger partial charge in [0.1, 0.15) is 22.9 Å². The van der Waals surface area contributed by atoms with E-state index >= 15 is 0 Å². The predicted molar refractivity (Wildman–Crippen MR) is 138 cm³/mol. The second-order valence-corrected chi connectivity index (χ2v) is 8.42. The number of nitrogens with one attached hydrogen (secondary N) is 1. The Kier molecular flexibility index (Phi) is 7.12. The number of hydrogen-bond acceptors (Lipinski definition) is 4. The Morgan fingerprint density at radius 2 is 1.91 bits per heavy atom. The van der Waals surface area contributed by atoms with E-state index in [4.69, 9.17) is 25.5 Å². The molecule has 0 spiro atoms. The number of benzene rings is 3. The van der Waals surface area contributed by atoms with E-state index in [0.717, 1.165) is 33.4 Å². The lowest BCUT2D eigenvalue weighted by atomic mass is 9.96. The van der Waals surface area contributed by atoms with Gasteiger partial charge >= 0.3 is 0 Å². The molecule has 1 N–H and O–H groups in total. The summed E-state index contributed by atoms with van der Waals surface area (Å²) in [5, 5.41) is 3.55. The van der Waals surface area contributed by atoms with Crippen LogP contribution in [0.3, 0.4) is 0 Å². The van der Waals surface area contributed by atoms with Gasteiger partial charge in [-0.2, -0.15) is 0 Å². The second-order valence-electron chi connectivity index (χ2n) is 8.01. The number of halogens is 2. The number of hydrogen-bond donors (Lipinski definition) is 1. The summed E-state index contributed by atoms with van der Waals surface area (Å²) >= 11 is 5.82. The number of fused-ring (bicyclic) bond motifs is 1. The zero-order valence-corrected chi connectivity index (χ0v) is 20.6. The van der Waals surface area contributed by atoms with Crippen molar-refractivity contribution in [2.45, 2.75) is 20.8 Å². The van der Waals surface area contributed by atoms with Crippen LogP contribution in [-0.4, -0.2) is 19.6 Å². The molecule has 1 heterocycles. The maximum atomic E-state index is 13.4. The van der Waals surface area contributed by atoms with Crippen LogP contribution in [-0.2, 0) is 4.79 Å². The molecule has 0 atom stereocenters. The Balaban J connectivity index is 1.72. The zero-order valence-electron chi connectivity index (χ0n) is 19.9. The summed E-state index contributed by atoms with van der Waals surface area (Å²) in [4.78, 5) is 12.7. The molecular weight excluding hydrogens is 469 g/mol. The summed E-state index contributed by atoms with van der Waals surface area (Å²) < 4.78 is 30.6. The van der Waals surface area contributed by atoms with Gasteiger partial charge in [-0.05, 0) is 68.3 Å². The minimum Gasteiger partial charge on any atom is -0.496 e. The minimum atomic E-state index is -0.548. The summed E-state index contributed by atoms with van der Waals surface area (Å²) in [6.07, 6.45) is 3.19. The van der Waals surface area contributed by atoms with Crippen molar-refractivity contribution in [2.75, 3.05) is 19.0 Å². The molecule has 0 aliphatic rings. The molecule has 1 amide bonds. The van der Waals surface area contributed by atoms with Crippen LogP contribution in [0.25, 0.3) is 27.7 Å². The van der Waals surface area contributed by atoms with Gasteiger partial charge in [0.15, 0.2) is 0 Å². The maximum absolute atomic E-state index is 13.4. The molecule has 0 fully saturated rings. The van der Waals surface area contributed by atoms with Crippen molar-refractivity contribution in [1.29, 1.82) is 0 Å². The van der Waals surface area contributed by atoms with Crippen LogP contribution in [0, 0.1) is 12.7 Å². The molecule has 3 aromatic carbocycles. The van der Waals surface area contributed by atoms with Gasteiger partial charge in [-0.15, -0.1) is 0 Å². The molecule has 5 nitrogen and oxygen atoms in total. The van der Waals surface area contributed by atoms with E-state index in [1.807, 2.05) is 51.1 Å². The molecule has 0 unspecified atom stereocenters. The van der Waals surface area contributed by atoms with E-state index in [0.29, 0.717) is 29.2 Å². The number of furan rings is 1. The van der Waals surface area contributed by atoms with Gasteiger partial charge in [-0.3, -0.25) is 4.79 Å². The average molecular weight is 494 g/mol. The zero-order chi connectivity index (χ0) is 25.1. The molecular formula is C28H25ClFNO4. The highest BCUT2D eigenvalue weighted by Crippen LogP contribution is 2.40. The topological polar surface area (TPSA) is 60.7 Å². The summed E-state index contributed by atoms with van der Waals surface area (Å²) in [7, 11) is 1.59. The quantitative estimate of drug-likeness (QED) is 0.268. The molecule has 35 heavy (non-hydrogen) atoms. The Morgan fingerprint density at radius 3 is 2.57 bits per heavy atom. The van der Waals surface area contributed by atoms with Gasteiger partial charge in [0.05, 0.1) is 25.0 Å². The number of anilines is 1. The molecule has 0 saturated heterocycles. The van der Waals surface area contributed by atoms with Gasteiger partial charge in [-0.1, -0.05) is 23.7 Å². The number of carbonyl (C=O) groups excluding carboxylic acids is 1. The molecule has 4 rings (SSSR count). The average Bonchev–Trinajstić information content (AvgIpc) is 3.26. The molecule has 1 aromatic heterocycles. The largest absolute Gasteiger partial charge is 0.496 e. The number of ether oxygens (including phenoxy) is 2. The summed E-state index contributed by atoms with van der Waals surface area (Å²) in [6.45, 7) is 6.30. The van der Waals surface area contributed by atoms with Crippen molar-refractivity contribution in [3.63, 3.8) is 0 Å². The van der Waals surface area contributed by atoms with Crippen molar-refractivity contribution in [3.8, 4) is 22.6 Å². The lowest BCUT2D eigenvalue weighted by Gasteiger charge is -2.13. The van der Waals surface area contributed by atoms with E-state index in [-0.39, 0.29) is 10.9 Å². The lowest BCUT2D eigenvalue weighted by molar-refractivity contribution is -0.111. The molecule has 4 aromatic rings. The van der Waals surface area contributed by atoms with Crippen molar-refractivity contribution >= 4 is 39.7 Å². The standard InChI is InChI=1S/C28H25ClFNO4/c1-5-34-20-9-6-18(7-10-20)23-15-35-28-17(3)27(33-4)21(14-22(23)28)16(2)12-26(32)31-19-8-11-25(30)24(29)13-19/h6-15H,5H2,1-4H3,(H,31,32)/b16-12+. The van der Waals surface area contributed by atoms with Crippen molar-refractivity contribution in [2.24, 2.45) is 0 Å². The Hall–Kier alpha value is -3.77. The smallest absolute Gasteiger partial charge is 0.248 e. The van der Waals surface area contributed by atoms with E-state index in [9.17, 15) is 9.18 Å². The van der Waals surface area contributed by atoms with Crippen LogP contribution in [0.15, 0.2) is 65.3 Å². The first kappa shape index (κ1) is 24.4. The second kappa shape index (κ2) is 10.2. The molecule has 0 saturated carbocycles. The van der Waals surface area contributed by atoms with Crippen molar-refractivity contribution < 1.29 is 23.1 Å². The van der Waals surface area contributed by atoms with Crippen LogP contribution in [0.5, 0.6) is 11.5 Å². The number of carbonyl (C=O) groups is 1. The highest BCUT2D eigenvalue weighted by atomic mass is 35.5. The highest BCUT2D eigenvalue weighted by molar-refractivity contribution is 6.31.